The average molecular weight is 293 g/mol. The molecule has 2 atom stereocenters. The molecule has 2 N–H and O–H groups in total. The smallest absolute Gasteiger partial charge is 0.308 e. The molecule has 0 heterocycles. The monoisotopic (exact) mass is 293 g/mol. The zero-order chi connectivity index (χ0) is 15.2. The van der Waals surface area contributed by atoms with Crippen LogP contribution < -0.4 is 10.5 Å². The van der Waals surface area contributed by atoms with Crippen LogP contribution in [0.3, 0.4) is 0 Å². The Kier molecular flexibility index (Phi) is 5.59. The van der Waals surface area contributed by atoms with Gasteiger partial charge >= 0.3 is 5.97 Å². The van der Waals surface area contributed by atoms with Gasteiger partial charge in [0.2, 0.25) is 0 Å². The van der Waals surface area contributed by atoms with Gasteiger partial charge in [-0.25, -0.2) is 0 Å². The quantitative estimate of drug-likeness (QED) is 0.778. The van der Waals surface area contributed by atoms with Gasteiger partial charge in [0.15, 0.2) is 0 Å². The molecule has 0 saturated carbocycles. The third-order valence-electron chi connectivity index (χ3n) is 3.51. The lowest BCUT2D eigenvalue weighted by Gasteiger charge is -2.17. The van der Waals surface area contributed by atoms with Crippen LogP contribution in [-0.2, 0) is 20.7 Å². The number of esters is 1. The van der Waals surface area contributed by atoms with Crippen LogP contribution in [0.15, 0.2) is 18.2 Å². The summed E-state index contributed by atoms with van der Waals surface area (Å²) in [6.07, 6.45) is 0.794. The van der Waals surface area contributed by atoms with Gasteiger partial charge in [-0.15, -0.1) is 0 Å². The summed E-state index contributed by atoms with van der Waals surface area (Å²) in [7, 11) is 0. The molecule has 0 amide bonds. The maximum atomic E-state index is 11.3. The van der Waals surface area contributed by atoms with E-state index >= 15 is 0 Å². The second kappa shape index (κ2) is 7.43. The molecule has 0 saturated heterocycles. The molecule has 5 heteroatoms. The molecule has 0 spiro atoms. The van der Waals surface area contributed by atoms with Crippen molar-refractivity contribution in [3.63, 3.8) is 0 Å². The summed E-state index contributed by atoms with van der Waals surface area (Å²) in [5.41, 5.74) is 8.36. The summed E-state index contributed by atoms with van der Waals surface area (Å²) in [6.45, 7) is 5.08. The molecule has 21 heavy (non-hydrogen) atoms. The minimum Gasteiger partial charge on any atom is -0.494 e. The van der Waals surface area contributed by atoms with Crippen LogP contribution in [0, 0.1) is 0 Å². The van der Waals surface area contributed by atoms with E-state index < -0.39 is 0 Å². The van der Waals surface area contributed by atoms with Gasteiger partial charge < -0.3 is 19.9 Å². The normalized spacial score (nSPS) is 20.1. The highest BCUT2D eigenvalue weighted by atomic mass is 16.5. The molecule has 0 aliphatic heterocycles. The molecule has 116 valence electrons. The zero-order valence-corrected chi connectivity index (χ0v) is 12.6. The van der Waals surface area contributed by atoms with Gasteiger partial charge in [0, 0.05) is 11.6 Å². The van der Waals surface area contributed by atoms with Crippen molar-refractivity contribution >= 4 is 5.97 Å². The Morgan fingerprint density at radius 1 is 1.33 bits per heavy atom. The zero-order valence-electron chi connectivity index (χ0n) is 12.6. The molecular formula is C16H23NO4. The summed E-state index contributed by atoms with van der Waals surface area (Å²) < 4.78 is 16.3. The van der Waals surface area contributed by atoms with Crippen molar-refractivity contribution in [1.29, 1.82) is 0 Å². The Balaban J connectivity index is 2.00. The molecule has 1 aromatic rings. The van der Waals surface area contributed by atoms with Crippen LogP contribution >= 0.6 is 0 Å². The Hall–Kier alpha value is -1.59. The van der Waals surface area contributed by atoms with E-state index in [2.05, 4.69) is 0 Å². The Morgan fingerprint density at radius 2 is 2.14 bits per heavy atom. The number of rotatable bonds is 7. The predicted octanol–water partition coefficient (Wildman–Crippen LogP) is 1.98. The standard InChI is InChI=1S/C16H23NO4/c1-3-19-14-7-5-6-11-12(14)10-13(17)16(11)21-9-8-15(18)20-4-2/h5-7,13,16H,3-4,8-10,17H2,1-2H3. The van der Waals surface area contributed by atoms with Gasteiger partial charge in [0.25, 0.3) is 0 Å². The molecule has 2 rings (SSSR count). The van der Waals surface area contributed by atoms with Crippen LogP contribution in [0.5, 0.6) is 5.75 Å². The van der Waals surface area contributed by atoms with Gasteiger partial charge in [-0.3, -0.25) is 4.79 Å². The summed E-state index contributed by atoms with van der Waals surface area (Å²) in [5.74, 6) is 0.634. The van der Waals surface area contributed by atoms with Crippen molar-refractivity contribution in [3.8, 4) is 5.75 Å². The molecule has 1 aliphatic carbocycles. The molecular weight excluding hydrogens is 270 g/mol. The van der Waals surface area contributed by atoms with Crippen LogP contribution in [0.4, 0.5) is 0 Å². The highest BCUT2D eigenvalue weighted by Crippen LogP contribution is 2.38. The lowest BCUT2D eigenvalue weighted by Crippen LogP contribution is -2.27. The first-order chi connectivity index (χ1) is 10.2. The molecule has 5 nitrogen and oxygen atoms in total. The van der Waals surface area contributed by atoms with E-state index in [1.54, 1.807) is 6.92 Å². The SMILES string of the molecule is CCOC(=O)CCOC1c2cccc(OCC)c2CC1N. The van der Waals surface area contributed by atoms with Crippen molar-refractivity contribution in [1.82, 2.24) is 0 Å². The molecule has 0 radical (unpaired) electrons. The topological polar surface area (TPSA) is 70.8 Å². The fourth-order valence-electron chi connectivity index (χ4n) is 2.65. The lowest BCUT2D eigenvalue weighted by atomic mass is 10.1. The first kappa shape index (κ1) is 15.8. The Morgan fingerprint density at radius 3 is 2.86 bits per heavy atom. The third kappa shape index (κ3) is 3.74. The number of ether oxygens (including phenoxy) is 3. The lowest BCUT2D eigenvalue weighted by molar-refractivity contribution is -0.144. The number of hydrogen-bond donors (Lipinski definition) is 1. The maximum Gasteiger partial charge on any atom is 0.308 e. The van der Waals surface area contributed by atoms with Gasteiger partial charge in [-0.1, -0.05) is 12.1 Å². The van der Waals surface area contributed by atoms with Gasteiger partial charge in [-0.05, 0) is 31.9 Å². The van der Waals surface area contributed by atoms with E-state index in [-0.39, 0.29) is 24.5 Å². The van der Waals surface area contributed by atoms with E-state index in [1.165, 1.54) is 0 Å². The van der Waals surface area contributed by atoms with E-state index in [0.717, 1.165) is 23.3 Å². The van der Waals surface area contributed by atoms with Crippen molar-refractivity contribution in [2.45, 2.75) is 38.8 Å². The van der Waals surface area contributed by atoms with E-state index in [1.807, 2.05) is 25.1 Å². The summed E-state index contributed by atoms with van der Waals surface area (Å²) in [5, 5.41) is 0. The van der Waals surface area contributed by atoms with E-state index in [9.17, 15) is 4.79 Å². The maximum absolute atomic E-state index is 11.3. The average Bonchev–Trinajstić information content (AvgIpc) is 2.77. The molecule has 0 bridgehead atoms. The van der Waals surface area contributed by atoms with E-state index in [4.69, 9.17) is 19.9 Å². The minimum atomic E-state index is -0.243. The minimum absolute atomic E-state index is 0.108. The number of fused-ring (bicyclic) bond motifs is 1. The van der Waals surface area contributed by atoms with Crippen LogP contribution in [-0.4, -0.2) is 31.8 Å². The molecule has 1 aromatic carbocycles. The van der Waals surface area contributed by atoms with Gasteiger partial charge in [0.05, 0.1) is 32.3 Å². The van der Waals surface area contributed by atoms with Crippen molar-refractivity contribution in [2.24, 2.45) is 5.73 Å². The van der Waals surface area contributed by atoms with Crippen molar-refractivity contribution in [3.05, 3.63) is 29.3 Å². The number of nitrogens with two attached hydrogens (primary N) is 1. The van der Waals surface area contributed by atoms with Crippen molar-refractivity contribution in [2.75, 3.05) is 19.8 Å². The third-order valence-corrected chi connectivity index (χ3v) is 3.51. The molecule has 1 aliphatic rings. The predicted molar refractivity (Wildman–Crippen MR) is 79.2 cm³/mol. The Labute approximate surface area is 125 Å². The summed E-state index contributed by atoms with van der Waals surface area (Å²) >= 11 is 0. The molecule has 2 unspecified atom stereocenters. The highest BCUT2D eigenvalue weighted by Gasteiger charge is 2.32. The molecule has 0 aromatic heterocycles. The van der Waals surface area contributed by atoms with Crippen molar-refractivity contribution < 1.29 is 19.0 Å². The molecule has 0 fully saturated rings. The highest BCUT2D eigenvalue weighted by molar-refractivity contribution is 5.69. The second-order valence-corrected chi connectivity index (χ2v) is 4.97. The number of carbonyl (C=O) groups is 1. The van der Waals surface area contributed by atoms with Gasteiger partial charge in [-0.2, -0.15) is 0 Å². The van der Waals surface area contributed by atoms with E-state index in [0.29, 0.717) is 19.8 Å². The van der Waals surface area contributed by atoms with Crippen LogP contribution in [0.2, 0.25) is 0 Å². The number of benzene rings is 1. The van der Waals surface area contributed by atoms with Crippen LogP contribution in [0.25, 0.3) is 0 Å². The number of carbonyl (C=O) groups excluding carboxylic acids is 1. The Bertz CT molecular complexity index is 489. The number of hydrogen-bond acceptors (Lipinski definition) is 5. The first-order valence-corrected chi connectivity index (χ1v) is 7.44. The first-order valence-electron chi connectivity index (χ1n) is 7.44. The van der Waals surface area contributed by atoms with Gasteiger partial charge in [0.1, 0.15) is 5.75 Å². The summed E-state index contributed by atoms with van der Waals surface area (Å²) in [4.78, 5) is 11.3. The summed E-state index contributed by atoms with van der Waals surface area (Å²) in [6, 6.07) is 5.81. The van der Waals surface area contributed by atoms with Crippen LogP contribution in [0.1, 0.15) is 37.5 Å². The largest absolute Gasteiger partial charge is 0.494 e. The fraction of sp³-hybridized carbons (Fsp3) is 0.562. The second-order valence-electron chi connectivity index (χ2n) is 4.97. The fourth-order valence-corrected chi connectivity index (χ4v) is 2.65.